The van der Waals surface area contributed by atoms with E-state index in [9.17, 15) is 23.6 Å². The van der Waals surface area contributed by atoms with Crippen LogP contribution in [0.3, 0.4) is 0 Å². The van der Waals surface area contributed by atoms with E-state index < -0.39 is 54.5 Å². The Hall–Kier alpha value is -2.27. The Balaban J connectivity index is 2.99. The van der Waals surface area contributed by atoms with Crippen LogP contribution in [0.1, 0.15) is 33.6 Å². The molecule has 0 aromatic heterocycles. The van der Waals surface area contributed by atoms with E-state index >= 15 is 0 Å². The zero-order chi connectivity index (χ0) is 21.3. The first-order valence-electron chi connectivity index (χ1n) is 8.87. The summed E-state index contributed by atoms with van der Waals surface area (Å²) in [5.41, 5.74) is 0. The lowest BCUT2D eigenvalue weighted by Crippen LogP contribution is -2.63. The molecule has 0 aromatic rings. The van der Waals surface area contributed by atoms with Crippen molar-refractivity contribution in [3.05, 3.63) is 0 Å². The summed E-state index contributed by atoms with van der Waals surface area (Å²) in [7, 11) is 1.73. The second-order valence-corrected chi connectivity index (χ2v) is 6.26. The van der Waals surface area contributed by atoms with Crippen molar-refractivity contribution in [1.29, 1.82) is 0 Å². The molecule has 11 heteroatoms. The van der Waals surface area contributed by atoms with Gasteiger partial charge in [0.15, 0.2) is 24.6 Å². The van der Waals surface area contributed by atoms with E-state index in [1.54, 1.807) is 7.05 Å². The van der Waals surface area contributed by atoms with E-state index in [0.29, 0.717) is 13.0 Å². The molecule has 0 aliphatic carbocycles. The van der Waals surface area contributed by atoms with Gasteiger partial charge in [-0.2, -0.15) is 0 Å². The van der Waals surface area contributed by atoms with Crippen LogP contribution < -0.4 is 10.6 Å². The number of carbonyl (C=O) groups is 4. The number of amides is 1. The maximum atomic E-state index is 15.0. The van der Waals surface area contributed by atoms with Gasteiger partial charge in [0.2, 0.25) is 5.91 Å². The number of nitrogens with one attached hydrogen (secondary N) is 2. The summed E-state index contributed by atoms with van der Waals surface area (Å²) in [4.78, 5) is 46.0. The van der Waals surface area contributed by atoms with Crippen LogP contribution in [0.2, 0.25) is 0 Å². The molecule has 2 N–H and O–H groups in total. The highest BCUT2D eigenvalue weighted by Crippen LogP contribution is 2.28. The number of rotatable bonds is 9. The number of ether oxygens (including phenoxy) is 4. The quantitative estimate of drug-likeness (QED) is 0.298. The molecule has 1 rings (SSSR count). The monoisotopic (exact) mass is 406 g/mol. The van der Waals surface area contributed by atoms with Crippen molar-refractivity contribution in [2.24, 2.45) is 0 Å². The SMILES string of the molecule is CNCCCC(=O)N[C@@H]1O[C@H](COC(C)=O)[C@@H](OC(C)=O)[C@H](OC(C)=O)[C@H]1F. The summed E-state index contributed by atoms with van der Waals surface area (Å²) in [5.74, 6) is -2.68. The first-order chi connectivity index (χ1) is 13.1. The van der Waals surface area contributed by atoms with Gasteiger partial charge < -0.3 is 29.6 Å². The average Bonchev–Trinajstić information content (AvgIpc) is 2.58. The third-order valence-electron chi connectivity index (χ3n) is 3.80. The number of hydrogen-bond acceptors (Lipinski definition) is 9. The van der Waals surface area contributed by atoms with E-state index in [2.05, 4.69) is 10.6 Å². The van der Waals surface area contributed by atoms with E-state index in [-0.39, 0.29) is 13.0 Å². The highest BCUT2D eigenvalue weighted by molar-refractivity contribution is 5.76. The molecular weight excluding hydrogens is 379 g/mol. The van der Waals surface area contributed by atoms with Crippen molar-refractivity contribution >= 4 is 23.8 Å². The zero-order valence-corrected chi connectivity index (χ0v) is 16.4. The van der Waals surface area contributed by atoms with Gasteiger partial charge in [-0.25, -0.2) is 4.39 Å². The molecule has 1 heterocycles. The fourth-order valence-electron chi connectivity index (χ4n) is 2.67. The molecule has 0 saturated carbocycles. The van der Waals surface area contributed by atoms with E-state index in [4.69, 9.17) is 18.9 Å². The fourth-order valence-corrected chi connectivity index (χ4v) is 2.67. The zero-order valence-electron chi connectivity index (χ0n) is 16.4. The summed E-state index contributed by atoms with van der Waals surface area (Å²) < 4.78 is 35.4. The molecule has 1 amide bonds. The van der Waals surface area contributed by atoms with Crippen molar-refractivity contribution < 1.29 is 42.5 Å². The smallest absolute Gasteiger partial charge is 0.303 e. The van der Waals surface area contributed by atoms with Crippen molar-refractivity contribution in [1.82, 2.24) is 10.6 Å². The Labute approximate surface area is 162 Å². The molecule has 0 unspecified atom stereocenters. The summed E-state index contributed by atoms with van der Waals surface area (Å²) in [6.07, 6.45) is -6.88. The van der Waals surface area contributed by atoms with Crippen molar-refractivity contribution in [2.75, 3.05) is 20.2 Å². The predicted octanol–water partition coefficient (Wildman–Crippen LogP) is -0.408. The minimum absolute atomic E-state index is 0.119. The van der Waals surface area contributed by atoms with Gasteiger partial charge >= 0.3 is 17.9 Å². The van der Waals surface area contributed by atoms with Crippen LogP contribution in [0.15, 0.2) is 0 Å². The average molecular weight is 406 g/mol. The molecule has 0 aromatic carbocycles. The number of halogens is 1. The van der Waals surface area contributed by atoms with Gasteiger partial charge in [-0.05, 0) is 20.0 Å². The Kier molecular flexibility index (Phi) is 9.80. The van der Waals surface area contributed by atoms with Crippen LogP contribution in [0.25, 0.3) is 0 Å². The molecule has 0 radical (unpaired) electrons. The van der Waals surface area contributed by atoms with Gasteiger partial charge in [0.25, 0.3) is 0 Å². The summed E-state index contributed by atoms with van der Waals surface area (Å²) >= 11 is 0. The summed E-state index contributed by atoms with van der Waals surface area (Å²) in [6, 6.07) is 0. The summed E-state index contributed by atoms with van der Waals surface area (Å²) in [6.45, 7) is 3.53. The number of alkyl halides is 1. The predicted molar refractivity (Wildman–Crippen MR) is 92.6 cm³/mol. The molecule has 0 spiro atoms. The second-order valence-electron chi connectivity index (χ2n) is 6.26. The lowest BCUT2D eigenvalue weighted by molar-refractivity contribution is -0.239. The van der Waals surface area contributed by atoms with Gasteiger partial charge in [0.1, 0.15) is 12.7 Å². The van der Waals surface area contributed by atoms with Gasteiger partial charge in [0, 0.05) is 27.2 Å². The van der Waals surface area contributed by atoms with E-state index in [0.717, 1.165) is 20.8 Å². The minimum Gasteiger partial charge on any atom is -0.463 e. The number of carbonyl (C=O) groups excluding carboxylic acids is 4. The Bertz CT molecular complexity index is 573. The molecule has 1 aliphatic heterocycles. The topological polar surface area (TPSA) is 129 Å². The van der Waals surface area contributed by atoms with E-state index in [1.807, 2.05) is 0 Å². The Morgan fingerprint density at radius 2 is 1.61 bits per heavy atom. The van der Waals surface area contributed by atoms with Crippen LogP contribution in [0.4, 0.5) is 4.39 Å². The maximum Gasteiger partial charge on any atom is 0.303 e. The maximum absolute atomic E-state index is 15.0. The van der Waals surface area contributed by atoms with Crippen LogP contribution in [0.5, 0.6) is 0 Å². The Morgan fingerprint density at radius 3 is 2.14 bits per heavy atom. The highest BCUT2D eigenvalue weighted by atomic mass is 19.1. The van der Waals surface area contributed by atoms with Gasteiger partial charge in [-0.3, -0.25) is 19.2 Å². The highest BCUT2D eigenvalue weighted by Gasteiger charge is 2.51. The van der Waals surface area contributed by atoms with Crippen LogP contribution in [-0.2, 0) is 38.1 Å². The molecule has 0 bridgehead atoms. The van der Waals surface area contributed by atoms with E-state index in [1.165, 1.54) is 0 Å². The molecule has 1 aliphatic rings. The lowest BCUT2D eigenvalue weighted by Gasteiger charge is -2.42. The van der Waals surface area contributed by atoms with Gasteiger partial charge in [-0.1, -0.05) is 0 Å². The van der Waals surface area contributed by atoms with Crippen LogP contribution in [-0.4, -0.2) is 74.7 Å². The van der Waals surface area contributed by atoms with Crippen molar-refractivity contribution in [3.8, 4) is 0 Å². The molecule has 160 valence electrons. The molecular formula is C17H27FN2O8. The van der Waals surface area contributed by atoms with Crippen LogP contribution in [0, 0.1) is 0 Å². The normalized spacial score (nSPS) is 26.8. The first-order valence-corrected chi connectivity index (χ1v) is 8.87. The first kappa shape index (κ1) is 23.8. The van der Waals surface area contributed by atoms with Crippen molar-refractivity contribution in [3.63, 3.8) is 0 Å². The standard InChI is InChI=1S/C17H27FN2O8/c1-9(21)25-8-12-15(26-10(2)22)16(27-11(3)23)14(18)17(28-12)20-13(24)6-5-7-19-4/h12,14-17,19H,5-8H2,1-4H3,(H,20,24)/t12-,14-,15-,16-,17-/m1/s1. The van der Waals surface area contributed by atoms with Gasteiger partial charge in [0.05, 0.1) is 0 Å². The molecule has 5 atom stereocenters. The molecule has 10 nitrogen and oxygen atoms in total. The van der Waals surface area contributed by atoms with Crippen molar-refractivity contribution in [2.45, 2.75) is 64.3 Å². The second kappa shape index (κ2) is 11.5. The lowest BCUT2D eigenvalue weighted by atomic mass is 9.98. The molecule has 1 saturated heterocycles. The number of esters is 3. The largest absolute Gasteiger partial charge is 0.463 e. The Morgan fingerprint density at radius 1 is 1.00 bits per heavy atom. The van der Waals surface area contributed by atoms with Gasteiger partial charge in [-0.15, -0.1) is 0 Å². The summed E-state index contributed by atoms with van der Waals surface area (Å²) in [5, 5.41) is 5.27. The fraction of sp³-hybridized carbons (Fsp3) is 0.765. The molecule has 1 fully saturated rings. The van der Waals surface area contributed by atoms with Crippen LogP contribution >= 0.6 is 0 Å². The minimum atomic E-state index is -2.00. The molecule has 28 heavy (non-hydrogen) atoms. The number of hydrogen-bond donors (Lipinski definition) is 2. The third kappa shape index (κ3) is 7.77. The third-order valence-corrected chi connectivity index (χ3v) is 3.80.